The van der Waals surface area contributed by atoms with E-state index in [0.29, 0.717) is 23.7 Å². The van der Waals surface area contributed by atoms with E-state index >= 15 is 0 Å². The molecule has 0 aliphatic heterocycles. The molecule has 1 saturated carbocycles. The van der Waals surface area contributed by atoms with Crippen molar-refractivity contribution in [3.63, 3.8) is 0 Å². The number of fused-ring (bicyclic) bond motifs is 2. The summed E-state index contributed by atoms with van der Waals surface area (Å²) in [5.41, 5.74) is 4.31. The molecule has 0 amide bonds. The smallest absolute Gasteiger partial charge is 0.241 e. The highest BCUT2D eigenvalue weighted by molar-refractivity contribution is 5.84. The lowest BCUT2D eigenvalue weighted by molar-refractivity contribution is 0.00283. The Balaban J connectivity index is 1.40. The molecule has 8 nitrogen and oxygen atoms in total. The topological polar surface area (TPSA) is 90.1 Å². The van der Waals surface area contributed by atoms with Crippen LogP contribution in [0.15, 0.2) is 43.1 Å². The first-order valence-corrected chi connectivity index (χ1v) is 9.10. The predicted octanol–water partition coefficient (Wildman–Crippen LogP) is 2.71. The quantitative estimate of drug-likeness (QED) is 0.584. The molecule has 0 unspecified atom stereocenters. The normalized spacial score (nSPS) is 19.3. The Labute approximate surface area is 155 Å². The van der Waals surface area contributed by atoms with Crippen LogP contribution in [0, 0.1) is 0 Å². The van der Waals surface area contributed by atoms with Gasteiger partial charge in [-0.25, -0.2) is 19.5 Å². The summed E-state index contributed by atoms with van der Waals surface area (Å²) in [6, 6.07) is 4.37. The van der Waals surface area contributed by atoms with Crippen LogP contribution in [-0.2, 0) is 4.74 Å². The van der Waals surface area contributed by atoms with Crippen LogP contribution in [0.5, 0.6) is 0 Å². The number of hydrogen-bond donors (Lipinski definition) is 1. The fourth-order valence-corrected chi connectivity index (χ4v) is 3.45. The van der Waals surface area contributed by atoms with Crippen LogP contribution in [0.4, 0.5) is 5.95 Å². The van der Waals surface area contributed by atoms with Crippen LogP contribution < -0.4 is 5.32 Å². The van der Waals surface area contributed by atoms with Gasteiger partial charge in [0.1, 0.15) is 5.52 Å². The molecule has 0 bridgehead atoms. The van der Waals surface area contributed by atoms with E-state index in [4.69, 9.17) is 4.74 Å². The SMILES string of the molecule is CCOC1CC(Nc2ncc3c(-c4cnc5nccnc5c4)ccn3n2)C1. The molecule has 8 heteroatoms. The molecule has 1 aliphatic carbocycles. The van der Waals surface area contributed by atoms with E-state index in [-0.39, 0.29) is 0 Å². The van der Waals surface area contributed by atoms with Gasteiger partial charge in [0.05, 0.1) is 17.8 Å². The predicted molar refractivity (Wildman–Crippen MR) is 101 cm³/mol. The summed E-state index contributed by atoms with van der Waals surface area (Å²) >= 11 is 0. The van der Waals surface area contributed by atoms with Crippen molar-refractivity contribution in [2.24, 2.45) is 0 Å². The molecule has 136 valence electrons. The van der Waals surface area contributed by atoms with Crippen LogP contribution in [0.2, 0.25) is 0 Å². The molecule has 0 radical (unpaired) electrons. The lowest BCUT2D eigenvalue weighted by Crippen LogP contribution is -2.41. The minimum absolute atomic E-state index is 0.359. The molecule has 0 spiro atoms. The molecule has 1 N–H and O–H groups in total. The van der Waals surface area contributed by atoms with Gasteiger partial charge in [0.25, 0.3) is 0 Å². The lowest BCUT2D eigenvalue weighted by Gasteiger charge is -2.35. The van der Waals surface area contributed by atoms with Crippen molar-refractivity contribution in [2.45, 2.75) is 31.9 Å². The number of hydrogen-bond acceptors (Lipinski definition) is 7. The van der Waals surface area contributed by atoms with Crippen molar-refractivity contribution < 1.29 is 4.74 Å². The second-order valence-corrected chi connectivity index (χ2v) is 6.65. The minimum Gasteiger partial charge on any atom is -0.378 e. The van der Waals surface area contributed by atoms with Crippen molar-refractivity contribution in [3.8, 4) is 11.1 Å². The van der Waals surface area contributed by atoms with Gasteiger partial charge in [-0.3, -0.25) is 4.98 Å². The highest BCUT2D eigenvalue weighted by Crippen LogP contribution is 2.28. The number of anilines is 1. The van der Waals surface area contributed by atoms with E-state index < -0.39 is 0 Å². The zero-order valence-corrected chi connectivity index (χ0v) is 14.9. The lowest BCUT2D eigenvalue weighted by atomic mass is 9.89. The molecule has 1 aliphatic rings. The van der Waals surface area contributed by atoms with Crippen molar-refractivity contribution in [3.05, 3.63) is 43.1 Å². The largest absolute Gasteiger partial charge is 0.378 e. The molecule has 0 atom stereocenters. The summed E-state index contributed by atoms with van der Waals surface area (Å²) in [6.07, 6.45) is 11.2. The van der Waals surface area contributed by atoms with Gasteiger partial charge in [0, 0.05) is 48.6 Å². The van der Waals surface area contributed by atoms with E-state index in [1.54, 1.807) is 18.6 Å². The maximum Gasteiger partial charge on any atom is 0.241 e. The van der Waals surface area contributed by atoms with Gasteiger partial charge in [0.15, 0.2) is 5.65 Å². The van der Waals surface area contributed by atoms with Crippen LogP contribution in [0.3, 0.4) is 0 Å². The number of rotatable bonds is 5. The third-order valence-electron chi connectivity index (χ3n) is 4.88. The summed E-state index contributed by atoms with van der Waals surface area (Å²) < 4.78 is 7.43. The molecule has 5 rings (SSSR count). The molecule has 4 aromatic rings. The summed E-state index contributed by atoms with van der Waals surface area (Å²) in [4.78, 5) is 17.4. The first-order chi connectivity index (χ1) is 13.3. The van der Waals surface area contributed by atoms with Crippen LogP contribution in [0.25, 0.3) is 27.8 Å². The van der Waals surface area contributed by atoms with Crippen LogP contribution in [-0.4, -0.2) is 48.3 Å². The monoisotopic (exact) mass is 361 g/mol. The van der Waals surface area contributed by atoms with Crippen molar-refractivity contribution >= 4 is 22.6 Å². The fourth-order valence-electron chi connectivity index (χ4n) is 3.45. The van der Waals surface area contributed by atoms with E-state index in [1.165, 1.54) is 0 Å². The molecule has 27 heavy (non-hydrogen) atoms. The van der Waals surface area contributed by atoms with E-state index in [9.17, 15) is 0 Å². The standard InChI is InChI=1S/C19H19N7O/c1-2-27-14-8-13(9-14)24-19-23-11-17-15(3-6-26(17)25-19)12-7-16-18(22-10-12)21-5-4-20-16/h3-7,10-11,13-14H,2,8-9H2,1H3,(H,24,25). The van der Waals surface area contributed by atoms with Gasteiger partial charge in [-0.1, -0.05) is 0 Å². The van der Waals surface area contributed by atoms with Crippen LogP contribution >= 0.6 is 0 Å². The summed E-state index contributed by atoms with van der Waals surface area (Å²) in [5.74, 6) is 0.632. The van der Waals surface area contributed by atoms with Gasteiger partial charge in [-0.15, -0.1) is 5.10 Å². The Morgan fingerprint density at radius 2 is 2.04 bits per heavy atom. The Kier molecular flexibility index (Phi) is 3.90. The van der Waals surface area contributed by atoms with E-state index in [1.807, 2.05) is 36.0 Å². The number of ether oxygens (including phenoxy) is 1. The molecule has 0 saturated heterocycles. The summed E-state index contributed by atoms with van der Waals surface area (Å²) in [6.45, 7) is 2.79. The van der Waals surface area contributed by atoms with Crippen molar-refractivity contribution in [2.75, 3.05) is 11.9 Å². The third-order valence-corrected chi connectivity index (χ3v) is 4.88. The zero-order chi connectivity index (χ0) is 18.2. The minimum atomic E-state index is 0.359. The second kappa shape index (κ2) is 6.55. The molecular formula is C19H19N7O. The van der Waals surface area contributed by atoms with Crippen molar-refractivity contribution in [1.82, 2.24) is 29.5 Å². The Morgan fingerprint density at radius 3 is 2.93 bits per heavy atom. The van der Waals surface area contributed by atoms with Gasteiger partial charge in [-0.05, 0) is 31.9 Å². The number of nitrogens with one attached hydrogen (secondary N) is 1. The maximum absolute atomic E-state index is 5.60. The molecule has 4 aromatic heterocycles. The highest BCUT2D eigenvalue weighted by atomic mass is 16.5. The Bertz CT molecular complexity index is 1100. The third kappa shape index (κ3) is 2.97. The number of pyridine rings is 1. The average molecular weight is 361 g/mol. The zero-order valence-electron chi connectivity index (χ0n) is 14.9. The fraction of sp³-hybridized carbons (Fsp3) is 0.316. The maximum atomic E-state index is 5.60. The van der Waals surface area contributed by atoms with E-state index in [0.717, 1.165) is 41.6 Å². The Hall–Kier alpha value is -3.13. The summed E-state index contributed by atoms with van der Waals surface area (Å²) in [7, 11) is 0. The van der Waals surface area contributed by atoms with Crippen LogP contribution in [0.1, 0.15) is 19.8 Å². The van der Waals surface area contributed by atoms with Gasteiger partial charge in [-0.2, -0.15) is 0 Å². The Morgan fingerprint density at radius 1 is 1.15 bits per heavy atom. The number of aromatic nitrogens is 6. The average Bonchev–Trinajstić information content (AvgIpc) is 3.09. The second-order valence-electron chi connectivity index (χ2n) is 6.65. The first-order valence-electron chi connectivity index (χ1n) is 9.10. The van der Waals surface area contributed by atoms with Gasteiger partial charge < -0.3 is 10.1 Å². The number of nitrogens with zero attached hydrogens (tertiary/aromatic N) is 6. The molecular weight excluding hydrogens is 342 g/mol. The first kappa shape index (κ1) is 16.1. The van der Waals surface area contributed by atoms with E-state index in [2.05, 4.69) is 30.4 Å². The highest BCUT2D eigenvalue weighted by Gasteiger charge is 2.30. The summed E-state index contributed by atoms with van der Waals surface area (Å²) in [5, 5.41) is 7.96. The molecule has 0 aromatic carbocycles. The van der Waals surface area contributed by atoms with Crippen molar-refractivity contribution in [1.29, 1.82) is 0 Å². The van der Waals surface area contributed by atoms with Gasteiger partial charge >= 0.3 is 0 Å². The molecule has 1 fully saturated rings. The molecule has 4 heterocycles. The van der Waals surface area contributed by atoms with Gasteiger partial charge in [0.2, 0.25) is 5.95 Å².